The van der Waals surface area contributed by atoms with E-state index in [1.807, 2.05) is 0 Å². The normalized spacial score (nSPS) is 33.2. The van der Waals surface area contributed by atoms with E-state index in [2.05, 4.69) is 5.32 Å². The Kier molecular flexibility index (Phi) is 3.63. The molecule has 0 aromatic heterocycles. The lowest BCUT2D eigenvalue weighted by atomic mass is 10.1. The highest BCUT2D eigenvalue weighted by Crippen LogP contribution is 2.19. The highest BCUT2D eigenvalue weighted by atomic mass is 16.5. The summed E-state index contributed by atoms with van der Waals surface area (Å²) in [6.45, 7) is 1.03. The molecule has 2 saturated heterocycles. The van der Waals surface area contributed by atoms with E-state index in [1.54, 1.807) is 11.9 Å². The standard InChI is InChI=1S/C11H19N3O3/c1-14-6-7(4-10(14)15)13-11(16)9-3-2-8(5-12)17-9/h7-9H,2-6,12H2,1H3,(H,13,16)/t7?,8-,9+/m1/s1. The highest BCUT2D eigenvalue weighted by molar-refractivity contribution is 5.84. The molecule has 2 aliphatic heterocycles. The fourth-order valence-corrected chi connectivity index (χ4v) is 2.33. The second-order valence-corrected chi connectivity index (χ2v) is 4.74. The quantitative estimate of drug-likeness (QED) is 0.652. The largest absolute Gasteiger partial charge is 0.364 e. The second kappa shape index (κ2) is 5.01. The molecule has 0 saturated carbocycles. The molecule has 96 valence electrons. The Morgan fingerprint density at radius 1 is 1.59 bits per heavy atom. The number of likely N-dealkylation sites (tertiary alicyclic amines) is 1. The maximum absolute atomic E-state index is 11.9. The van der Waals surface area contributed by atoms with Crippen molar-refractivity contribution in [3.8, 4) is 0 Å². The minimum atomic E-state index is -0.399. The van der Waals surface area contributed by atoms with Crippen LogP contribution in [0.5, 0.6) is 0 Å². The van der Waals surface area contributed by atoms with Crippen LogP contribution in [0.2, 0.25) is 0 Å². The van der Waals surface area contributed by atoms with Crippen LogP contribution in [0.25, 0.3) is 0 Å². The van der Waals surface area contributed by atoms with Crippen LogP contribution < -0.4 is 11.1 Å². The summed E-state index contributed by atoms with van der Waals surface area (Å²) in [5.74, 6) is -0.0449. The number of hydrogen-bond donors (Lipinski definition) is 2. The first-order valence-electron chi connectivity index (χ1n) is 6.00. The molecule has 3 atom stereocenters. The first-order valence-corrected chi connectivity index (χ1v) is 6.00. The van der Waals surface area contributed by atoms with Crippen molar-refractivity contribution in [2.75, 3.05) is 20.1 Å². The second-order valence-electron chi connectivity index (χ2n) is 4.74. The lowest BCUT2D eigenvalue weighted by molar-refractivity contribution is -0.132. The Hall–Kier alpha value is -1.14. The van der Waals surface area contributed by atoms with E-state index in [9.17, 15) is 9.59 Å². The van der Waals surface area contributed by atoms with Crippen molar-refractivity contribution in [2.45, 2.75) is 37.5 Å². The molecule has 17 heavy (non-hydrogen) atoms. The van der Waals surface area contributed by atoms with Crippen LogP contribution in [0.3, 0.4) is 0 Å². The SMILES string of the molecule is CN1CC(NC(=O)[C@@H]2CC[C@H](CN)O2)CC1=O. The molecule has 6 heteroatoms. The van der Waals surface area contributed by atoms with Gasteiger partial charge in [-0.2, -0.15) is 0 Å². The van der Waals surface area contributed by atoms with Crippen molar-refractivity contribution in [1.29, 1.82) is 0 Å². The molecule has 2 fully saturated rings. The lowest BCUT2D eigenvalue weighted by Gasteiger charge is -2.16. The minimum absolute atomic E-state index is 0.00127. The number of carbonyl (C=O) groups excluding carboxylic acids is 2. The molecule has 2 heterocycles. The van der Waals surface area contributed by atoms with E-state index in [-0.39, 0.29) is 24.0 Å². The van der Waals surface area contributed by atoms with Crippen molar-refractivity contribution in [1.82, 2.24) is 10.2 Å². The zero-order valence-corrected chi connectivity index (χ0v) is 10.0. The van der Waals surface area contributed by atoms with Crippen LogP contribution in [0.15, 0.2) is 0 Å². The number of nitrogens with zero attached hydrogens (tertiary/aromatic N) is 1. The van der Waals surface area contributed by atoms with Gasteiger partial charge >= 0.3 is 0 Å². The van der Waals surface area contributed by atoms with Gasteiger partial charge in [0, 0.05) is 26.6 Å². The maximum atomic E-state index is 11.9. The molecule has 2 amide bonds. The van der Waals surface area contributed by atoms with E-state index in [0.717, 1.165) is 6.42 Å². The van der Waals surface area contributed by atoms with Gasteiger partial charge in [-0.3, -0.25) is 9.59 Å². The molecule has 2 rings (SSSR count). The summed E-state index contributed by atoms with van der Waals surface area (Å²) in [5, 5.41) is 2.86. The number of carbonyl (C=O) groups is 2. The van der Waals surface area contributed by atoms with Gasteiger partial charge in [-0.05, 0) is 12.8 Å². The Morgan fingerprint density at radius 3 is 2.88 bits per heavy atom. The predicted molar refractivity (Wildman–Crippen MR) is 61.1 cm³/mol. The molecule has 0 radical (unpaired) electrons. The summed E-state index contributed by atoms with van der Waals surface area (Å²) in [7, 11) is 1.74. The fraction of sp³-hybridized carbons (Fsp3) is 0.818. The summed E-state index contributed by atoms with van der Waals surface area (Å²) in [5.41, 5.74) is 5.49. The average molecular weight is 241 g/mol. The van der Waals surface area contributed by atoms with Crippen molar-refractivity contribution < 1.29 is 14.3 Å². The van der Waals surface area contributed by atoms with Gasteiger partial charge in [0.1, 0.15) is 6.10 Å². The number of hydrogen-bond acceptors (Lipinski definition) is 4. The Bertz CT molecular complexity index is 321. The number of amides is 2. The highest BCUT2D eigenvalue weighted by Gasteiger charge is 2.33. The average Bonchev–Trinajstić information content (AvgIpc) is 2.87. The fourth-order valence-electron chi connectivity index (χ4n) is 2.33. The third kappa shape index (κ3) is 2.76. The van der Waals surface area contributed by atoms with Crippen molar-refractivity contribution in [2.24, 2.45) is 5.73 Å². The first kappa shape index (κ1) is 12.3. The van der Waals surface area contributed by atoms with Gasteiger partial charge in [0.15, 0.2) is 0 Å². The molecule has 0 aliphatic carbocycles. The van der Waals surface area contributed by atoms with Crippen LogP contribution in [0.4, 0.5) is 0 Å². The van der Waals surface area contributed by atoms with Crippen LogP contribution in [0, 0.1) is 0 Å². The zero-order chi connectivity index (χ0) is 12.4. The number of nitrogens with one attached hydrogen (secondary N) is 1. The van der Waals surface area contributed by atoms with Crippen molar-refractivity contribution in [3.05, 3.63) is 0 Å². The molecule has 0 aromatic carbocycles. The third-order valence-corrected chi connectivity index (χ3v) is 3.35. The third-order valence-electron chi connectivity index (χ3n) is 3.35. The molecular weight excluding hydrogens is 222 g/mol. The number of nitrogens with two attached hydrogens (primary N) is 1. The summed E-state index contributed by atoms with van der Waals surface area (Å²) < 4.78 is 5.50. The zero-order valence-electron chi connectivity index (χ0n) is 10.0. The minimum Gasteiger partial charge on any atom is -0.364 e. The number of likely N-dealkylation sites (N-methyl/N-ethyl adjacent to an activating group) is 1. The number of rotatable bonds is 3. The topological polar surface area (TPSA) is 84.7 Å². The summed E-state index contributed by atoms with van der Waals surface area (Å²) in [4.78, 5) is 24.8. The van der Waals surface area contributed by atoms with Gasteiger partial charge in [0.2, 0.25) is 11.8 Å². The molecule has 3 N–H and O–H groups in total. The predicted octanol–water partition coefficient (Wildman–Crippen LogP) is -1.16. The molecule has 0 spiro atoms. The van der Waals surface area contributed by atoms with E-state index in [4.69, 9.17) is 10.5 Å². The van der Waals surface area contributed by atoms with E-state index < -0.39 is 6.10 Å². The van der Waals surface area contributed by atoms with E-state index in [1.165, 1.54) is 0 Å². The first-order chi connectivity index (χ1) is 8.10. The molecule has 0 aromatic rings. The van der Waals surface area contributed by atoms with Gasteiger partial charge in [0.25, 0.3) is 0 Å². The van der Waals surface area contributed by atoms with E-state index >= 15 is 0 Å². The molecule has 2 aliphatic rings. The van der Waals surface area contributed by atoms with Gasteiger partial charge < -0.3 is 20.7 Å². The molecule has 0 bridgehead atoms. The molecule has 1 unspecified atom stereocenters. The monoisotopic (exact) mass is 241 g/mol. The van der Waals surface area contributed by atoms with Gasteiger partial charge in [0.05, 0.1) is 12.1 Å². The van der Waals surface area contributed by atoms with Crippen molar-refractivity contribution in [3.63, 3.8) is 0 Å². The Balaban J connectivity index is 1.80. The summed E-state index contributed by atoms with van der Waals surface area (Å²) in [6, 6.07) is -0.0828. The summed E-state index contributed by atoms with van der Waals surface area (Å²) >= 11 is 0. The van der Waals surface area contributed by atoms with Gasteiger partial charge in [-0.25, -0.2) is 0 Å². The number of ether oxygens (including phenoxy) is 1. The van der Waals surface area contributed by atoms with Gasteiger partial charge in [-0.1, -0.05) is 0 Å². The van der Waals surface area contributed by atoms with Crippen LogP contribution >= 0.6 is 0 Å². The lowest BCUT2D eigenvalue weighted by Crippen LogP contribution is -2.42. The summed E-state index contributed by atoms with van der Waals surface area (Å²) in [6.07, 6.45) is 1.53. The van der Waals surface area contributed by atoms with Gasteiger partial charge in [-0.15, -0.1) is 0 Å². The Morgan fingerprint density at radius 2 is 2.35 bits per heavy atom. The van der Waals surface area contributed by atoms with Crippen LogP contribution in [-0.2, 0) is 14.3 Å². The van der Waals surface area contributed by atoms with E-state index in [0.29, 0.717) is 25.9 Å². The maximum Gasteiger partial charge on any atom is 0.249 e. The van der Waals surface area contributed by atoms with Crippen LogP contribution in [-0.4, -0.2) is 55.1 Å². The van der Waals surface area contributed by atoms with Crippen LogP contribution in [0.1, 0.15) is 19.3 Å². The smallest absolute Gasteiger partial charge is 0.249 e. The molecular formula is C11H19N3O3. The Labute approximate surface area is 100 Å². The van der Waals surface area contributed by atoms with Crippen molar-refractivity contribution >= 4 is 11.8 Å². The molecule has 6 nitrogen and oxygen atoms in total.